The zero-order valence-corrected chi connectivity index (χ0v) is 12.4. The van der Waals surface area contributed by atoms with E-state index >= 15 is 0 Å². The number of thioether (sulfide) groups is 2. The van der Waals surface area contributed by atoms with Crippen LogP contribution >= 0.6 is 23.5 Å². The van der Waals surface area contributed by atoms with Crippen molar-refractivity contribution >= 4 is 29.5 Å². The lowest BCUT2D eigenvalue weighted by Crippen LogP contribution is -2.24. The average Bonchev–Trinajstić information content (AvgIpc) is 2.37. The molecule has 1 aromatic heterocycles. The summed E-state index contributed by atoms with van der Waals surface area (Å²) in [5, 5.41) is 3.97. The Labute approximate surface area is 117 Å². The number of rotatable bonds is 5. The predicted molar refractivity (Wildman–Crippen MR) is 80.0 cm³/mol. The molecule has 100 valence electrons. The smallest absolute Gasteiger partial charge is 0.226 e. The second kappa shape index (κ2) is 7.09. The second-order valence-electron chi connectivity index (χ2n) is 4.05. The van der Waals surface area contributed by atoms with Crippen molar-refractivity contribution in [3.05, 3.63) is 11.8 Å². The number of hydrogen-bond acceptors (Lipinski definition) is 6. The van der Waals surface area contributed by atoms with E-state index in [1.165, 1.54) is 17.3 Å². The van der Waals surface area contributed by atoms with E-state index in [4.69, 9.17) is 4.74 Å². The molecule has 6 heteroatoms. The van der Waals surface area contributed by atoms with Gasteiger partial charge in [-0.3, -0.25) is 0 Å². The molecule has 1 N–H and O–H groups in total. The summed E-state index contributed by atoms with van der Waals surface area (Å²) < 4.78 is 5.42. The van der Waals surface area contributed by atoms with E-state index in [2.05, 4.69) is 15.3 Å². The number of nitrogens with one attached hydrogen (secondary N) is 1. The second-order valence-corrected chi connectivity index (χ2v) is 6.61. The van der Waals surface area contributed by atoms with Gasteiger partial charge < -0.3 is 10.1 Å². The summed E-state index contributed by atoms with van der Waals surface area (Å²) in [7, 11) is 0. The van der Waals surface area contributed by atoms with Gasteiger partial charge in [-0.2, -0.15) is 28.5 Å². The highest BCUT2D eigenvalue weighted by Crippen LogP contribution is 2.24. The number of nitrogens with zero attached hydrogens (tertiary/aromatic N) is 2. The predicted octanol–water partition coefficient (Wildman–Crippen LogP) is 2.44. The number of anilines is 1. The van der Waals surface area contributed by atoms with Crippen LogP contribution in [0.3, 0.4) is 0 Å². The van der Waals surface area contributed by atoms with Gasteiger partial charge in [-0.1, -0.05) is 0 Å². The molecule has 0 aliphatic carbocycles. The van der Waals surface area contributed by atoms with Gasteiger partial charge in [0, 0.05) is 40.8 Å². The molecule has 0 aromatic carbocycles. The molecule has 0 amide bonds. The molecule has 1 unspecified atom stereocenters. The molecule has 1 aromatic rings. The molecular formula is C12H19N3OS2. The summed E-state index contributed by atoms with van der Waals surface area (Å²) in [5.41, 5.74) is 0.932. The van der Waals surface area contributed by atoms with Crippen molar-refractivity contribution in [2.75, 3.05) is 35.7 Å². The monoisotopic (exact) mass is 285 g/mol. The summed E-state index contributed by atoms with van der Waals surface area (Å²) in [5.74, 6) is 5.06. The average molecular weight is 285 g/mol. The first-order valence-electron chi connectivity index (χ1n) is 6.19. The first-order chi connectivity index (χ1) is 8.78. The van der Waals surface area contributed by atoms with Crippen molar-refractivity contribution in [3.8, 4) is 5.88 Å². The van der Waals surface area contributed by atoms with Crippen LogP contribution in [0.5, 0.6) is 5.88 Å². The van der Waals surface area contributed by atoms with Crippen molar-refractivity contribution in [1.29, 1.82) is 0 Å². The zero-order chi connectivity index (χ0) is 12.8. The number of aromatic nitrogens is 2. The minimum Gasteiger partial charge on any atom is -0.478 e. The molecule has 1 fully saturated rings. The maximum absolute atomic E-state index is 5.42. The third-order valence-corrected chi connectivity index (χ3v) is 5.34. The third kappa shape index (κ3) is 4.24. The van der Waals surface area contributed by atoms with Crippen LogP contribution in [0.4, 0.5) is 5.95 Å². The molecule has 0 bridgehead atoms. The first kappa shape index (κ1) is 13.8. The molecule has 2 rings (SSSR count). The van der Waals surface area contributed by atoms with E-state index < -0.39 is 0 Å². The van der Waals surface area contributed by atoms with Crippen LogP contribution in [0, 0.1) is 6.92 Å². The Kier molecular flexibility index (Phi) is 5.44. The lowest BCUT2D eigenvalue weighted by molar-refractivity contribution is 0.326. The van der Waals surface area contributed by atoms with E-state index in [1.807, 2.05) is 43.4 Å². The molecular weight excluding hydrogens is 266 g/mol. The fourth-order valence-electron chi connectivity index (χ4n) is 1.70. The van der Waals surface area contributed by atoms with Gasteiger partial charge in [0.1, 0.15) is 0 Å². The molecule has 0 saturated carbocycles. The summed E-state index contributed by atoms with van der Waals surface area (Å²) in [6.45, 7) is 5.47. The molecule has 0 spiro atoms. The van der Waals surface area contributed by atoms with Crippen molar-refractivity contribution < 1.29 is 4.74 Å². The van der Waals surface area contributed by atoms with E-state index in [0.29, 0.717) is 23.7 Å². The van der Waals surface area contributed by atoms with Crippen LogP contribution < -0.4 is 10.1 Å². The highest BCUT2D eigenvalue weighted by Gasteiger charge is 2.14. The molecule has 0 radical (unpaired) electrons. The van der Waals surface area contributed by atoms with E-state index in [9.17, 15) is 0 Å². The molecule has 4 nitrogen and oxygen atoms in total. The molecule has 1 aliphatic heterocycles. The minimum atomic E-state index is 0.630. The van der Waals surface area contributed by atoms with Gasteiger partial charge in [-0.15, -0.1) is 0 Å². The molecule has 1 saturated heterocycles. The molecule has 2 heterocycles. The van der Waals surface area contributed by atoms with Gasteiger partial charge in [0.05, 0.1) is 6.61 Å². The van der Waals surface area contributed by atoms with Gasteiger partial charge in [-0.25, -0.2) is 4.98 Å². The van der Waals surface area contributed by atoms with E-state index in [1.54, 1.807) is 0 Å². The van der Waals surface area contributed by atoms with Gasteiger partial charge in [0.25, 0.3) is 0 Å². The summed E-state index contributed by atoms with van der Waals surface area (Å²) in [4.78, 5) is 8.73. The Morgan fingerprint density at radius 2 is 2.33 bits per heavy atom. The Hall–Kier alpha value is -0.620. The van der Waals surface area contributed by atoms with Gasteiger partial charge >= 0.3 is 0 Å². The van der Waals surface area contributed by atoms with Crippen LogP contribution in [-0.4, -0.2) is 45.6 Å². The topological polar surface area (TPSA) is 47.0 Å². The number of hydrogen-bond donors (Lipinski definition) is 1. The molecule has 1 atom stereocenters. The normalized spacial score (nSPS) is 19.6. The first-order valence-corrected chi connectivity index (χ1v) is 8.40. The van der Waals surface area contributed by atoms with Gasteiger partial charge in [0.2, 0.25) is 11.8 Å². The Bertz CT molecular complexity index is 384. The van der Waals surface area contributed by atoms with E-state index in [0.717, 1.165) is 12.2 Å². The fourth-order valence-corrected chi connectivity index (χ4v) is 4.31. The van der Waals surface area contributed by atoms with Crippen molar-refractivity contribution in [2.45, 2.75) is 19.1 Å². The standard InChI is InChI=1S/C12H19N3OS2/c1-3-16-11-6-9(2)14-12(15-11)13-7-10-8-17-4-5-18-10/h6,10H,3-5,7-8H2,1-2H3,(H,13,14,15). The Balaban J connectivity index is 1.91. The van der Waals surface area contributed by atoms with Crippen LogP contribution in [0.25, 0.3) is 0 Å². The summed E-state index contributed by atoms with van der Waals surface area (Å²) in [6.07, 6.45) is 0. The maximum atomic E-state index is 5.42. The van der Waals surface area contributed by atoms with Crippen molar-refractivity contribution in [3.63, 3.8) is 0 Å². The summed E-state index contributed by atoms with van der Waals surface area (Å²) >= 11 is 4.06. The molecule has 1 aliphatic rings. The van der Waals surface area contributed by atoms with Crippen molar-refractivity contribution in [2.24, 2.45) is 0 Å². The zero-order valence-electron chi connectivity index (χ0n) is 10.8. The lowest BCUT2D eigenvalue weighted by Gasteiger charge is -2.21. The highest BCUT2D eigenvalue weighted by atomic mass is 32.2. The maximum Gasteiger partial charge on any atom is 0.226 e. The minimum absolute atomic E-state index is 0.630. The number of ether oxygens (including phenoxy) is 1. The number of aryl methyl sites for hydroxylation is 1. The van der Waals surface area contributed by atoms with Crippen molar-refractivity contribution in [1.82, 2.24) is 9.97 Å². The Morgan fingerprint density at radius 1 is 1.44 bits per heavy atom. The largest absolute Gasteiger partial charge is 0.478 e. The van der Waals surface area contributed by atoms with Gasteiger partial charge in [0.15, 0.2) is 0 Å². The van der Waals surface area contributed by atoms with Crippen LogP contribution in [-0.2, 0) is 0 Å². The van der Waals surface area contributed by atoms with Crippen LogP contribution in [0.2, 0.25) is 0 Å². The SMILES string of the molecule is CCOc1cc(C)nc(NCC2CSCCS2)n1. The highest BCUT2D eigenvalue weighted by molar-refractivity contribution is 8.06. The Morgan fingerprint density at radius 3 is 3.06 bits per heavy atom. The van der Waals surface area contributed by atoms with E-state index in [-0.39, 0.29) is 0 Å². The van der Waals surface area contributed by atoms with Crippen LogP contribution in [0.1, 0.15) is 12.6 Å². The lowest BCUT2D eigenvalue weighted by atomic mass is 10.4. The molecule has 18 heavy (non-hydrogen) atoms. The van der Waals surface area contributed by atoms with Crippen LogP contribution in [0.15, 0.2) is 6.07 Å². The summed E-state index contributed by atoms with van der Waals surface area (Å²) in [6, 6.07) is 1.86. The van der Waals surface area contributed by atoms with Gasteiger partial charge in [-0.05, 0) is 13.8 Å². The third-order valence-electron chi connectivity index (χ3n) is 2.50. The quantitative estimate of drug-likeness (QED) is 0.896. The fraction of sp³-hybridized carbons (Fsp3) is 0.667.